The molecule has 4 aliphatic rings. The molecule has 4 rings (SSSR count). The molecule has 11 atom stereocenters. The molecule has 1 N–H and O–H groups in total. The molecule has 4 fully saturated rings. The van der Waals surface area contributed by atoms with Crippen LogP contribution >= 0.6 is 0 Å². The second-order valence-corrected chi connectivity index (χ2v) is 13.6. The summed E-state index contributed by atoms with van der Waals surface area (Å²) < 4.78 is 0. The largest absolute Gasteiger partial charge is 0.393 e. The molecule has 0 spiro atoms. The van der Waals surface area contributed by atoms with Gasteiger partial charge in [-0.15, -0.1) is 0 Å². The summed E-state index contributed by atoms with van der Waals surface area (Å²) >= 11 is 0. The van der Waals surface area contributed by atoms with Gasteiger partial charge < -0.3 is 5.11 Å². The van der Waals surface area contributed by atoms with Crippen LogP contribution in [0.4, 0.5) is 0 Å². The fraction of sp³-hybridized carbons (Fsp3) is 0.933. The predicted octanol–water partition coefficient (Wildman–Crippen LogP) is 8.13. The molecule has 0 aromatic heterocycles. The molecule has 31 heavy (non-hydrogen) atoms. The molecule has 1 nitrogen and oxygen atoms in total. The average Bonchev–Trinajstić information content (AvgIpc) is 3.07. The minimum Gasteiger partial charge on any atom is -0.393 e. The van der Waals surface area contributed by atoms with Crippen LogP contribution in [-0.2, 0) is 0 Å². The van der Waals surface area contributed by atoms with E-state index in [0.717, 1.165) is 47.8 Å². The molecule has 1 heteroatoms. The third kappa shape index (κ3) is 3.77. The van der Waals surface area contributed by atoms with Crippen molar-refractivity contribution in [3.8, 4) is 0 Å². The summed E-state index contributed by atoms with van der Waals surface area (Å²) in [6, 6.07) is 0. The Kier molecular flexibility index (Phi) is 6.53. The van der Waals surface area contributed by atoms with Gasteiger partial charge in [-0.25, -0.2) is 0 Å². The van der Waals surface area contributed by atoms with E-state index in [-0.39, 0.29) is 6.10 Å². The summed E-state index contributed by atoms with van der Waals surface area (Å²) in [5, 5.41) is 10.6. The monoisotopic (exact) mass is 428 g/mol. The zero-order valence-electron chi connectivity index (χ0n) is 22.0. The third-order valence-electron chi connectivity index (χ3n) is 12.1. The van der Waals surface area contributed by atoms with Gasteiger partial charge in [0.2, 0.25) is 0 Å². The Hall–Kier alpha value is -0.300. The lowest BCUT2D eigenvalue weighted by atomic mass is 9.43. The van der Waals surface area contributed by atoms with Gasteiger partial charge in [0, 0.05) is 0 Å². The standard InChI is InChI=1S/C30H52O/c1-18(2)19(3)17-20(4)21(5)24-11-12-26-23-9-10-25-22(6)28(31)14-16-30(25,8)27(23)13-15-29(24,26)7/h17-19,21-28,31H,9-16H2,1-8H3/b20-17+/t19?,21-,22+,23+,24-,25+,26+,27+,28+,29-,30+/m1/s1. The van der Waals surface area contributed by atoms with Gasteiger partial charge in [-0.3, -0.25) is 0 Å². The van der Waals surface area contributed by atoms with Crippen LogP contribution in [0.25, 0.3) is 0 Å². The minimum absolute atomic E-state index is 0.0526. The lowest BCUT2D eigenvalue weighted by Crippen LogP contribution is -2.56. The lowest BCUT2D eigenvalue weighted by Gasteiger charge is -2.62. The number of hydrogen-bond acceptors (Lipinski definition) is 1. The van der Waals surface area contributed by atoms with Gasteiger partial charge in [-0.05, 0) is 122 Å². The Labute approximate surface area is 193 Å². The quantitative estimate of drug-likeness (QED) is 0.448. The molecular weight excluding hydrogens is 376 g/mol. The number of allylic oxidation sites excluding steroid dienone is 2. The van der Waals surface area contributed by atoms with E-state index >= 15 is 0 Å². The molecule has 0 aromatic rings. The Morgan fingerprint density at radius 3 is 2.13 bits per heavy atom. The van der Waals surface area contributed by atoms with Crippen LogP contribution in [0.3, 0.4) is 0 Å². The van der Waals surface area contributed by atoms with E-state index in [1.54, 1.807) is 5.57 Å². The highest BCUT2D eigenvalue weighted by atomic mass is 16.3. The van der Waals surface area contributed by atoms with Gasteiger partial charge in [0.1, 0.15) is 0 Å². The first-order valence-electron chi connectivity index (χ1n) is 13.9. The van der Waals surface area contributed by atoms with E-state index in [2.05, 4.69) is 61.5 Å². The molecular formula is C30H52O. The van der Waals surface area contributed by atoms with Gasteiger partial charge in [0.05, 0.1) is 6.10 Å². The molecule has 0 bridgehead atoms. The molecule has 0 saturated heterocycles. The molecule has 0 aromatic carbocycles. The first-order chi connectivity index (χ1) is 14.5. The fourth-order valence-electron chi connectivity index (χ4n) is 9.65. The second-order valence-electron chi connectivity index (χ2n) is 13.6. The molecule has 4 saturated carbocycles. The van der Waals surface area contributed by atoms with Gasteiger partial charge >= 0.3 is 0 Å². The van der Waals surface area contributed by atoms with E-state index in [0.29, 0.717) is 22.7 Å². The highest BCUT2D eigenvalue weighted by Gasteiger charge is 2.61. The summed E-state index contributed by atoms with van der Waals surface area (Å²) in [7, 11) is 0. The van der Waals surface area contributed by atoms with Crippen molar-refractivity contribution in [2.24, 2.45) is 64.1 Å². The van der Waals surface area contributed by atoms with Gasteiger partial charge in [0.15, 0.2) is 0 Å². The van der Waals surface area contributed by atoms with Gasteiger partial charge in [-0.1, -0.05) is 60.1 Å². The summed E-state index contributed by atoms with van der Waals surface area (Å²) in [5.74, 6) is 7.05. The molecule has 0 aliphatic heterocycles. The van der Waals surface area contributed by atoms with Crippen molar-refractivity contribution in [3.05, 3.63) is 11.6 Å². The fourth-order valence-corrected chi connectivity index (χ4v) is 9.65. The Bertz CT molecular complexity index is 678. The normalized spacial score (nSPS) is 49.9. The molecule has 0 amide bonds. The smallest absolute Gasteiger partial charge is 0.0568 e. The van der Waals surface area contributed by atoms with Crippen LogP contribution in [-0.4, -0.2) is 11.2 Å². The van der Waals surface area contributed by atoms with E-state index in [1.807, 2.05) is 0 Å². The Morgan fingerprint density at radius 2 is 1.45 bits per heavy atom. The van der Waals surface area contributed by atoms with Crippen molar-refractivity contribution < 1.29 is 5.11 Å². The van der Waals surface area contributed by atoms with Crippen LogP contribution in [0, 0.1) is 64.1 Å². The summed E-state index contributed by atoms with van der Waals surface area (Å²) in [5.41, 5.74) is 2.68. The molecule has 4 aliphatic carbocycles. The zero-order valence-corrected chi connectivity index (χ0v) is 22.0. The highest BCUT2D eigenvalue weighted by molar-refractivity contribution is 5.15. The number of fused-ring (bicyclic) bond motifs is 5. The lowest BCUT2D eigenvalue weighted by molar-refractivity contribution is -0.148. The SMILES string of the molecule is C/C(=C\C(C)C(C)C)[C@@H](C)[C@H]1CC[C@H]2[C@@H]3CC[C@H]4[C@H](C)[C@@H](O)CC[C@]4(C)[C@H]3CC[C@]12C. The first kappa shape index (κ1) is 23.8. The van der Waals surface area contributed by atoms with E-state index in [1.165, 1.54) is 44.9 Å². The summed E-state index contributed by atoms with van der Waals surface area (Å²) in [4.78, 5) is 0. The Balaban J connectivity index is 1.54. The maximum Gasteiger partial charge on any atom is 0.0568 e. The van der Waals surface area contributed by atoms with Crippen LogP contribution in [0.1, 0.15) is 107 Å². The maximum absolute atomic E-state index is 10.6. The van der Waals surface area contributed by atoms with Crippen molar-refractivity contribution in [2.75, 3.05) is 0 Å². The van der Waals surface area contributed by atoms with Crippen molar-refractivity contribution >= 4 is 0 Å². The zero-order chi connectivity index (χ0) is 22.7. The predicted molar refractivity (Wildman–Crippen MR) is 133 cm³/mol. The third-order valence-corrected chi connectivity index (χ3v) is 12.1. The molecule has 0 radical (unpaired) electrons. The van der Waals surface area contributed by atoms with E-state index in [4.69, 9.17) is 0 Å². The van der Waals surface area contributed by atoms with Gasteiger partial charge in [0.25, 0.3) is 0 Å². The summed E-state index contributed by atoms with van der Waals surface area (Å²) in [6.07, 6.45) is 13.5. The number of aliphatic hydroxyl groups excluding tert-OH is 1. The van der Waals surface area contributed by atoms with Gasteiger partial charge in [-0.2, -0.15) is 0 Å². The van der Waals surface area contributed by atoms with Crippen LogP contribution < -0.4 is 0 Å². The van der Waals surface area contributed by atoms with Crippen molar-refractivity contribution in [1.29, 1.82) is 0 Å². The van der Waals surface area contributed by atoms with Crippen molar-refractivity contribution in [1.82, 2.24) is 0 Å². The van der Waals surface area contributed by atoms with E-state index < -0.39 is 0 Å². The Morgan fingerprint density at radius 1 is 0.839 bits per heavy atom. The van der Waals surface area contributed by atoms with Crippen LogP contribution in [0.5, 0.6) is 0 Å². The topological polar surface area (TPSA) is 20.2 Å². The van der Waals surface area contributed by atoms with Crippen molar-refractivity contribution in [3.63, 3.8) is 0 Å². The average molecular weight is 429 g/mol. The minimum atomic E-state index is -0.0526. The van der Waals surface area contributed by atoms with Crippen LogP contribution in [0.2, 0.25) is 0 Å². The molecule has 178 valence electrons. The highest BCUT2D eigenvalue weighted by Crippen LogP contribution is 2.69. The summed E-state index contributed by atoms with van der Waals surface area (Å²) in [6.45, 7) is 19.8. The number of hydrogen-bond donors (Lipinski definition) is 1. The van der Waals surface area contributed by atoms with Crippen molar-refractivity contribution in [2.45, 2.75) is 113 Å². The number of rotatable bonds is 4. The number of aliphatic hydroxyl groups is 1. The maximum atomic E-state index is 10.6. The van der Waals surface area contributed by atoms with E-state index in [9.17, 15) is 5.11 Å². The first-order valence-corrected chi connectivity index (χ1v) is 13.9. The second kappa shape index (κ2) is 8.48. The molecule has 1 unspecified atom stereocenters. The molecule has 0 heterocycles. The van der Waals surface area contributed by atoms with Crippen LogP contribution in [0.15, 0.2) is 11.6 Å².